The number of nitro groups is 1. The summed E-state index contributed by atoms with van der Waals surface area (Å²) in [4.78, 5) is 23.0. The van der Waals surface area contributed by atoms with Crippen LogP contribution in [0.4, 0.5) is 11.4 Å². The number of hydrogen-bond donors (Lipinski definition) is 2. The highest BCUT2D eigenvalue weighted by molar-refractivity contribution is 9.11. The number of nitro benzene ring substituents is 1. The van der Waals surface area contributed by atoms with E-state index in [-0.39, 0.29) is 22.9 Å². The van der Waals surface area contributed by atoms with Gasteiger partial charge in [-0.05, 0) is 52.7 Å². The first kappa shape index (κ1) is 16.7. The van der Waals surface area contributed by atoms with Crippen molar-refractivity contribution >= 4 is 60.8 Å². The van der Waals surface area contributed by atoms with Gasteiger partial charge >= 0.3 is 0 Å². The molecule has 2 aromatic carbocycles. The second-order valence-electron chi connectivity index (χ2n) is 5.23. The predicted molar refractivity (Wildman–Crippen MR) is 97.8 cm³/mol. The average Bonchev–Trinajstić information content (AvgIpc) is 2.82. The van der Waals surface area contributed by atoms with Gasteiger partial charge in [0.15, 0.2) is 0 Å². The second kappa shape index (κ2) is 6.03. The Kier molecular flexibility index (Phi) is 4.18. The van der Waals surface area contributed by atoms with Gasteiger partial charge in [-0.15, -0.1) is 0 Å². The third-order valence-corrected chi connectivity index (χ3v) is 5.18. The lowest BCUT2D eigenvalue weighted by atomic mass is 9.99. The van der Waals surface area contributed by atoms with Crippen LogP contribution in [-0.4, -0.2) is 15.9 Å². The molecule has 0 atom stereocenters. The van der Waals surface area contributed by atoms with Crippen LogP contribution in [-0.2, 0) is 4.79 Å². The zero-order chi connectivity index (χ0) is 17.6. The molecule has 1 aliphatic rings. The highest BCUT2D eigenvalue weighted by Crippen LogP contribution is 2.44. The topological polar surface area (TPSA) is 92.5 Å². The summed E-state index contributed by atoms with van der Waals surface area (Å²) in [5.74, 6) is -0.470. The van der Waals surface area contributed by atoms with Crippen LogP contribution in [0.3, 0.4) is 0 Å². The van der Waals surface area contributed by atoms with Crippen molar-refractivity contribution < 1.29 is 14.8 Å². The van der Waals surface area contributed by atoms with Crippen LogP contribution in [0, 0.1) is 17.0 Å². The molecule has 0 saturated carbocycles. The molecule has 2 N–H and O–H groups in total. The summed E-state index contributed by atoms with van der Waals surface area (Å²) in [5.41, 5.74) is 2.40. The highest BCUT2D eigenvalue weighted by atomic mass is 79.9. The number of aromatic hydroxyl groups is 1. The van der Waals surface area contributed by atoms with Gasteiger partial charge in [-0.2, -0.15) is 0 Å². The van der Waals surface area contributed by atoms with E-state index in [4.69, 9.17) is 0 Å². The lowest BCUT2D eigenvalue weighted by Crippen LogP contribution is -2.04. The molecule has 8 heteroatoms. The maximum atomic E-state index is 12.4. The minimum Gasteiger partial charge on any atom is -0.508 e. The fourth-order valence-electron chi connectivity index (χ4n) is 2.59. The van der Waals surface area contributed by atoms with Crippen LogP contribution in [0.1, 0.15) is 16.7 Å². The first-order valence-corrected chi connectivity index (χ1v) is 8.37. The maximum Gasteiger partial charge on any atom is 0.276 e. The molecule has 0 bridgehead atoms. The number of halogens is 2. The molecule has 122 valence electrons. The third-order valence-electron chi connectivity index (χ3n) is 3.74. The molecule has 0 aromatic heterocycles. The highest BCUT2D eigenvalue weighted by Gasteiger charge is 2.30. The summed E-state index contributed by atoms with van der Waals surface area (Å²) in [6.07, 6.45) is 1.42. The number of benzene rings is 2. The van der Waals surface area contributed by atoms with E-state index in [0.717, 1.165) is 10.0 Å². The zero-order valence-corrected chi connectivity index (χ0v) is 15.4. The van der Waals surface area contributed by atoms with E-state index >= 15 is 0 Å². The molecule has 0 radical (unpaired) electrons. The number of fused-ring (bicyclic) bond motifs is 1. The molecule has 1 heterocycles. The minimum absolute atomic E-state index is 0.113. The Morgan fingerprint density at radius 2 is 1.96 bits per heavy atom. The van der Waals surface area contributed by atoms with Crippen molar-refractivity contribution in [2.24, 2.45) is 0 Å². The van der Waals surface area contributed by atoms with Crippen molar-refractivity contribution in [3.63, 3.8) is 0 Å². The van der Waals surface area contributed by atoms with Gasteiger partial charge in [0, 0.05) is 20.6 Å². The summed E-state index contributed by atoms with van der Waals surface area (Å²) in [6.45, 7) is 1.85. The summed E-state index contributed by atoms with van der Waals surface area (Å²) >= 11 is 6.84. The molecule has 3 rings (SSSR count). The van der Waals surface area contributed by atoms with Crippen LogP contribution < -0.4 is 5.32 Å². The van der Waals surface area contributed by atoms with E-state index in [1.165, 1.54) is 24.3 Å². The Hall–Kier alpha value is -2.19. The lowest BCUT2D eigenvalue weighted by Gasteiger charge is -2.08. The molecule has 0 aliphatic carbocycles. The van der Waals surface area contributed by atoms with Crippen molar-refractivity contribution in [1.29, 1.82) is 0 Å². The van der Waals surface area contributed by atoms with Gasteiger partial charge in [0.25, 0.3) is 11.6 Å². The number of nitrogens with one attached hydrogen (secondary N) is 1. The normalized spacial score (nSPS) is 14.6. The predicted octanol–water partition coefficient (Wildman–Crippen LogP) is 4.63. The minimum atomic E-state index is -0.552. The van der Waals surface area contributed by atoms with E-state index in [1.54, 1.807) is 0 Å². The Bertz CT molecular complexity index is 938. The number of amides is 1. The number of carbonyl (C=O) groups excluding carboxylic acids is 1. The molecule has 0 unspecified atom stereocenters. The third kappa shape index (κ3) is 2.71. The van der Waals surface area contributed by atoms with E-state index in [0.29, 0.717) is 21.3 Å². The van der Waals surface area contributed by atoms with E-state index < -0.39 is 4.92 Å². The number of rotatable bonds is 2. The number of nitrogens with zero attached hydrogens (tertiary/aromatic N) is 1. The molecular formula is C16H10Br2N2O4. The first-order chi connectivity index (χ1) is 11.3. The van der Waals surface area contributed by atoms with Crippen LogP contribution in [0.25, 0.3) is 11.6 Å². The smallest absolute Gasteiger partial charge is 0.276 e. The number of phenolic OH excluding ortho intramolecular Hbond substituents is 1. The Morgan fingerprint density at radius 3 is 2.62 bits per heavy atom. The van der Waals surface area contributed by atoms with Gasteiger partial charge in [0.1, 0.15) is 5.75 Å². The fraction of sp³-hybridized carbons (Fsp3) is 0.0625. The van der Waals surface area contributed by atoms with E-state index in [1.807, 2.05) is 13.0 Å². The standard InChI is InChI=1S/C16H10Br2N2O4/c1-7-11(17)6-12(18)15-14(7)10(16(22)19-15)5-8-4-9(21)2-3-13(8)20(23)24/h2-6,21H,1H3,(H,19,22). The summed E-state index contributed by atoms with van der Waals surface area (Å²) in [6, 6.07) is 5.54. The van der Waals surface area contributed by atoms with E-state index in [2.05, 4.69) is 37.2 Å². The average molecular weight is 454 g/mol. The summed E-state index contributed by atoms with van der Waals surface area (Å²) < 4.78 is 1.51. The Labute approximate surface area is 153 Å². The molecule has 1 amide bonds. The van der Waals surface area contributed by atoms with Gasteiger partial charge < -0.3 is 10.4 Å². The fourth-order valence-corrected chi connectivity index (χ4v) is 3.85. The van der Waals surface area contributed by atoms with Crippen molar-refractivity contribution in [3.05, 3.63) is 60.0 Å². The molecule has 0 saturated heterocycles. The van der Waals surface area contributed by atoms with Crippen LogP contribution in [0.15, 0.2) is 33.2 Å². The Balaban J connectivity index is 2.27. The summed E-state index contributed by atoms with van der Waals surface area (Å²) in [5, 5.41) is 23.6. The van der Waals surface area contributed by atoms with Crippen LogP contribution in [0.5, 0.6) is 5.75 Å². The summed E-state index contributed by atoms with van der Waals surface area (Å²) in [7, 11) is 0. The van der Waals surface area contributed by atoms with Crippen LogP contribution >= 0.6 is 31.9 Å². The molecule has 2 aromatic rings. The number of hydrogen-bond acceptors (Lipinski definition) is 4. The number of anilines is 1. The molecular weight excluding hydrogens is 444 g/mol. The second-order valence-corrected chi connectivity index (χ2v) is 6.94. The van der Waals surface area contributed by atoms with Gasteiger partial charge in [-0.3, -0.25) is 14.9 Å². The monoisotopic (exact) mass is 452 g/mol. The van der Waals surface area contributed by atoms with Crippen molar-refractivity contribution in [2.75, 3.05) is 5.32 Å². The van der Waals surface area contributed by atoms with Crippen LogP contribution in [0.2, 0.25) is 0 Å². The first-order valence-electron chi connectivity index (χ1n) is 6.79. The maximum absolute atomic E-state index is 12.4. The van der Waals surface area contributed by atoms with Crippen molar-refractivity contribution in [1.82, 2.24) is 0 Å². The Morgan fingerprint density at radius 1 is 1.25 bits per heavy atom. The van der Waals surface area contributed by atoms with Gasteiger partial charge in [0.2, 0.25) is 0 Å². The molecule has 0 fully saturated rings. The largest absolute Gasteiger partial charge is 0.508 e. The van der Waals surface area contributed by atoms with Gasteiger partial charge in [-0.1, -0.05) is 15.9 Å². The number of carbonyl (C=O) groups is 1. The SMILES string of the molecule is Cc1c(Br)cc(Br)c2c1C(=Cc1cc(O)ccc1[N+](=O)[O-])C(=O)N2. The number of phenols is 1. The van der Waals surface area contributed by atoms with Gasteiger partial charge in [-0.25, -0.2) is 0 Å². The van der Waals surface area contributed by atoms with Crippen molar-refractivity contribution in [2.45, 2.75) is 6.92 Å². The molecule has 0 spiro atoms. The molecule has 1 aliphatic heterocycles. The van der Waals surface area contributed by atoms with E-state index in [9.17, 15) is 20.0 Å². The molecule has 6 nitrogen and oxygen atoms in total. The zero-order valence-electron chi connectivity index (χ0n) is 12.3. The lowest BCUT2D eigenvalue weighted by molar-refractivity contribution is -0.385. The van der Waals surface area contributed by atoms with Gasteiger partial charge in [0.05, 0.1) is 21.7 Å². The van der Waals surface area contributed by atoms with Crippen molar-refractivity contribution in [3.8, 4) is 5.75 Å². The molecule has 24 heavy (non-hydrogen) atoms. The quantitative estimate of drug-likeness (QED) is 0.394.